The maximum Gasteiger partial charge on any atom is 0.138 e. The summed E-state index contributed by atoms with van der Waals surface area (Å²) in [6.45, 7) is 4.18. The molecule has 1 rings (SSSR count). The van der Waals surface area contributed by atoms with Gasteiger partial charge in [-0.1, -0.05) is 30.7 Å². The molecule has 84 valence electrons. The Morgan fingerprint density at radius 1 is 1.40 bits per heavy atom. The summed E-state index contributed by atoms with van der Waals surface area (Å²) in [7, 11) is 1.95. The minimum atomic E-state index is 0.111. The third-order valence-electron chi connectivity index (χ3n) is 2.53. The van der Waals surface area contributed by atoms with Gasteiger partial charge in [0.1, 0.15) is 11.9 Å². The molecule has 3 heteroatoms. The van der Waals surface area contributed by atoms with Crippen LogP contribution in [0, 0.1) is 0 Å². The third kappa shape index (κ3) is 3.40. The zero-order chi connectivity index (χ0) is 11.3. The number of halogens is 1. The molecule has 1 N–H and O–H groups in total. The Morgan fingerprint density at radius 3 is 2.60 bits per heavy atom. The van der Waals surface area contributed by atoms with Gasteiger partial charge in [0.25, 0.3) is 0 Å². The van der Waals surface area contributed by atoms with E-state index >= 15 is 0 Å². The first kappa shape index (κ1) is 12.3. The minimum Gasteiger partial charge on any atom is -0.488 e. The Hall–Kier alpha value is -0.730. The molecular weight excluding hydrogens is 210 g/mol. The number of hydrogen-bond donors (Lipinski definition) is 1. The van der Waals surface area contributed by atoms with Gasteiger partial charge in [-0.2, -0.15) is 0 Å². The van der Waals surface area contributed by atoms with Gasteiger partial charge in [0.2, 0.25) is 0 Å². The van der Waals surface area contributed by atoms with Crippen LogP contribution in [0.15, 0.2) is 24.3 Å². The van der Waals surface area contributed by atoms with Crippen LogP contribution in [0.2, 0.25) is 5.02 Å². The Labute approximate surface area is 96.6 Å². The molecule has 2 atom stereocenters. The molecule has 2 nitrogen and oxygen atoms in total. The molecule has 0 aromatic heterocycles. The van der Waals surface area contributed by atoms with Gasteiger partial charge >= 0.3 is 0 Å². The van der Waals surface area contributed by atoms with E-state index in [9.17, 15) is 0 Å². The largest absolute Gasteiger partial charge is 0.488 e. The highest BCUT2D eigenvalue weighted by atomic mass is 35.5. The van der Waals surface area contributed by atoms with Crippen LogP contribution in [0.3, 0.4) is 0 Å². The highest BCUT2D eigenvalue weighted by Crippen LogP contribution is 2.24. The number of para-hydroxylation sites is 1. The van der Waals surface area contributed by atoms with Crippen molar-refractivity contribution < 1.29 is 4.74 Å². The fourth-order valence-electron chi connectivity index (χ4n) is 1.59. The first-order valence-corrected chi connectivity index (χ1v) is 5.65. The summed E-state index contributed by atoms with van der Waals surface area (Å²) in [4.78, 5) is 0. The number of benzene rings is 1. The quantitative estimate of drug-likeness (QED) is 0.835. The standard InChI is InChI=1S/C12H18ClNO/c1-4-11(14-3)9(2)15-12-8-6-5-7-10(12)13/h5-9,11,14H,4H2,1-3H3. The lowest BCUT2D eigenvalue weighted by Crippen LogP contribution is -2.38. The highest BCUT2D eigenvalue weighted by Gasteiger charge is 2.15. The van der Waals surface area contributed by atoms with E-state index in [1.165, 1.54) is 0 Å². The number of likely N-dealkylation sites (N-methyl/N-ethyl adjacent to an activating group) is 1. The van der Waals surface area contributed by atoms with Gasteiger partial charge in [-0.15, -0.1) is 0 Å². The first-order chi connectivity index (χ1) is 7.19. The van der Waals surface area contributed by atoms with E-state index in [4.69, 9.17) is 16.3 Å². The lowest BCUT2D eigenvalue weighted by atomic mass is 10.1. The summed E-state index contributed by atoms with van der Waals surface area (Å²) in [5.74, 6) is 0.750. The van der Waals surface area contributed by atoms with E-state index in [0.717, 1.165) is 12.2 Å². The van der Waals surface area contributed by atoms with Gasteiger partial charge < -0.3 is 10.1 Å². The highest BCUT2D eigenvalue weighted by molar-refractivity contribution is 6.32. The average Bonchev–Trinajstić information content (AvgIpc) is 2.23. The lowest BCUT2D eigenvalue weighted by Gasteiger charge is -2.23. The van der Waals surface area contributed by atoms with E-state index in [2.05, 4.69) is 12.2 Å². The van der Waals surface area contributed by atoms with Gasteiger partial charge in [-0.3, -0.25) is 0 Å². The molecular formula is C12H18ClNO. The van der Waals surface area contributed by atoms with Crippen molar-refractivity contribution in [3.63, 3.8) is 0 Å². The molecule has 0 spiro atoms. The van der Waals surface area contributed by atoms with E-state index in [-0.39, 0.29) is 6.10 Å². The lowest BCUT2D eigenvalue weighted by molar-refractivity contribution is 0.172. The van der Waals surface area contributed by atoms with Crippen molar-refractivity contribution in [1.29, 1.82) is 0 Å². The maximum absolute atomic E-state index is 6.01. The zero-order valence-electron chi connectivity index (χ0n) is 9.46. The Bertz CT molecular complexity index is 299. The minimum absolute atomic E-state index is 0.111. The predicted molar refractivity (Wildman–Crippen MR) is 64.7 cm³/mol. The number of hydrogen-bond acceptors (Lipinski definition) is 2. The summed E-state index contributed by atoms with van der Waals surface area (Å²) in [6.07, 6.45) is 1.14. The molecule has 2 unspecified atom stereocenters. The van der Waals surface area contributed by atoms with Crippen LogP contribution in [0.5, 0.6) is 5.75 Å². The average molecular weight is 228 g/mol. The molecule has 15 heavy (non-hydrogen) atoms. The molecule has 0 aliphatic heterocycles. The molecule has 0 bridgehead atoms. The van der Waals surface area contributed by atoms with Gasteiger partial charge in [0.05, 0.1) is 5.02 Å². The fourth-order valence-corrected chi connectivity index (χ4v) is 1.77. The smallest absolute Gasteiger partial charge is 0.138 e. The van der Waals surface area contributed by atoms with Crippen molar-refractivity contribution >= 4 is 11.6 Å². The third-order valence-corrected chi connectivity index (χ3v) is 2.84. The molecule has 0 amide bonds. The van der Waals surface area contributed by atoms with Crippen LogP contribution in [-0.4, -0.2) is 19.2 Å². The van der Waals surface area contributed by atoms with E-state index in [1.54, 1.807) is 0 Å². The molecule has 0 heterocycles. The molecule has 0 aliphatic carbocycles. The second-order valence-electron chi connectivity index (χ2n) is 3.56. The first-order valence-electron chi connectivity index (χ1n) is 5.27. The number of rotatable bonds is 5. The molecule has 1 aromatic rings. The van der Waals surface area contributed by atoms with Crippen LogP contribution < -0.4 is 10.1 Å². The summed E-state index contributed by atoms with van der Waals surface area (Å²) in [6, 6.07) is 7.90. The number of nitrogens with one attached hydrogen (secondary N) is 1. The molecule has 1 aromatic carbocycles. The zero-order valence-corrected chi connectivity index (χ0v) is 10.2. The Kier molecular flexibility index (Phi) is 4.92. The van der Waals surface area contributed by atoms with E-state index in [0.29, 0.717) is 11.1 Å². The topological polar surface area (TPSA) is 21.3 Å². The van der Waals surface area contributed by atoms with Crippen molar-refractivity contribution in [2.75, 3.05) is 7.05 Å². The van der Waals surface area contributed by atoms with Gasteiger partial charge in [-0.05, 0) is 32.5 Å². The summed E-state index contributed by atoms with van der Waals surface area (Å²) in [5, 5.41) is 3.89. The fraction of sp³-hybridized carbons (Fsp3) is 0.500. The Morgan fingerprint density at radius 2 is 2.07 bits per heavy atom. The van der Waals surface area contributed by atoms with Crippen LogP contribution in [0.4, 0.5) is 0 Å². The molecule has 0 radical (unpaired) electrons. The molecule has 0 saturated carbocycles. The van der Waals surface area contributed by atoms with Crippen molar-refractivity contribution in [3.8, 4) is 5.75 Å². The predicted octanol–water partition coefficient (Wildman–Crippen LogP) is 3.11. The normalized spacial score (nSPS) is 14.7. The summed E-state index contributed by atoms with van der Waals surface area (Å²) < 4.78 is 5.79. The second kappa shape index (κ2) is 5.99. The Balaban J connectivity index is 2.65. The van der Waals surface area contributed by atoms with E-state index in [1.807, 2.05) is 38.2 Å². The van der Waals surface area contributed by atoms with Gasteiger partial charge in [0, 0.05) is 6.04 Å². The van der Waals surface area contributed by atoms with Gasteiger partial charge in [0.15, 0.2) is 0 Å². The summed E-state index contributed by atoms with van der Waals surface area (Å²) >= 11 is 6.01. The van der Waals surface area contributed by atoms with Gasteiger partial charge in [-0.25, -0.2) is 0 Å². The monoisotopic (exact) mass is 227 g/mol. The maximum atomic E-state index is 6.01. The van der Waals surface area contributed by atoms with Crippen molar-refractivity contribution in [1.82, 2.24) is 5.32 Å². The van der Waals surface area contributed by atoms with Crippen LogP contribution in [0.25, 0.3) is 0 Å². The van der Waals surface area contributed by atoms with Crippen molar-refractivity contribution in [2.45, 2.75) is 32.4 Å². The van der Waals surface area contributed by atoms with Crippen LogP contribution >= 0.6 is 11.6 Å². The molecule has 0 saturated heterocycles. The second-order valence-corrected chi connectivity index (χ2v) is 3.96. The van der Waals surface area contributed by atoms with Crippen LogP contribution in [-0.2, 0) is 0 Å². The molecule has 0 fully saturated rings. The van der Waals surface area contributed by atoms with E-state index < -0.39 is 0 Å². The number of ether oxygens (including phenoxy) is 1. The summed E-state index contributed by atoms with van der Waals surface area (Å²) in [5.41, 5.74) is 0. The molecule has 0 aliphatic rings. The van der Waals surface area contributed by atoms with Crippen molar-refractivity contribution in [3.05, 3.63) is 29.3 Å². The SMILES string of the molecule is CCC(NC)C(C)Oc1ccccc1Cl. The van der Waals surface area contributed by atoms with Crippen molar-refractivity contribution in [2.24, 2.45) is 0 Å². The van der Waals surface area contributed by atoms with Crippen LogP contribution in [0.1, 0.15) is 20.3 Å².